The SMILES string of the molecule is Cc1cccc(NC(c2cc(Cl)cc(Cl)c2Cl)c2ccc3cccnc3c2O)n1. The Labute approximate surface area is 183 Å². The monoisotopic (exact) mass is 443 g/mol. The van der Waals surface area contributed by atoms with Crippen molar-refractivity contribution in [2.24, 2.45) is 0 Å². The van der Waals surface area contributed by atoms with Crippen molar-refractivity contribution in [2.45, 2.75) is 13.0 Å². The van der Waals surface area contributed by atoms with Crippen LogP contribution in [0.3, 0.4) is 0 Å². The zero-order valence-corrected chi connectivity index (χ0v) is 17.6. The Bertz CT molecular complexity index is 1210. The molecule has 0 radical (unpaired) electrons. The second-order valence-electron chi connectivity index (χ2n) is 6.61. The van der Waals surface area contributed by atoms with Crippen LogP contribution in [0.1, 0.15) is 22.9 Å². The number of aryl methyl sites for hydroxylation is 1. The zero-order chi connectivity index (χ0) is 20.5. The average Bonchev–Trinajstić information content (AvgIpc) is 2.70. The number of nitrogens with zero attached hydrogens (tertiary/aromatic N) is 2. The molecule has 2 aromatic carbocycles. The van der Waals surface area contributed by atoms with Gasteiger partial charge in [0, 0.05) is 33.4 Å². The van der Waals surface area contributed by atoms with E-state index in [0.717, 1.165) is 11.1 Å². The van der Waals surface area contributed by atoms with E-state index in [0.29, 0.717) is 37.5 Å². The van der Waals surface area contributed by atoms with Gasteiger partial charge in [0.1, 0.15) is 17.1 Å². The molecule has 1 atom stereocenters. The number of nitrogens with one attached hydrogen (secondary N) is 1. The van der Waals surface area contributed by atoms with E-state index in [1.165, 1.54) is 0 Å². The normalized spacial score (nSPS) is 12.1. The van der Waals surface area contributed by atoms with Gasteiger partial charge in [-0.15, -0.1) is 0 Å². The van der Waals surface area contributed by atoms with Gasteiger partial charge in [0.25, 0.3) is 0 Å². The van der Waals surface area contributed by atoms with E-state index >= 15 is 0 Å². The van der Waals surface area contributed by atoms with E-state index in [4.69, 9.17) is 34.8 Å². The quantitative estimate of drug-likeness (QED) is 0.340. The molecular formula is C22H16Cl3N3O. The lowest BCUT2D eigenvalue weighted by Gasteiger charge is -2.23. The van der Waals surface area contributed by atoms with Gasteiger partial charge in [-0.25, -0.2) is 4.98 Å². The van der Waals surface area contributed by atoms with Crippen LogP contribution in [0, 0.1) is 6.92 Å². The number of phenolic OH excluding ortho intramolecular Hbond substituents is 1. The highest BCUT2D eigenvalue weighted by molar-refractivity contribution is 6.43. The van der Waals surface area contributed by atoms with Crippen LogP contribution in [-0.2, 0) is 0 Å². The molecule has 0 aliphatic rings. The third-order valence-electron chi connectivity index (χ3n) is 4.60. The summed E-state index contributed by atoms with van der Waals surface area (Å²) in [6, 6.07) is 15.8. The van der Waals surface area contributed by atoms with Gasteiger partial charge < -0.3 is 10.4 Å². The zero-order valence-electron chi connectivity index (χ0n) is 15.3. The highest BCUT2D eigenvalue weighted by Gasteiger charge is 2.24. The summed E-state index contributed by atoms with van der Waals surface area (Å²) < 4.78 is 0. The van der Waals surface area contributed by atoms with Crippen LogP contribution in [0.5, 0.6) is 5.75 Å². The second kappa shape index (κ2) is 8.07. The van der Waals surface area contributed by atoms with Crippen molar-refractivity contribution in [1.82, 2.24) is 9.97 Å². The fourth-order valence-electron chi connectivity index (χ4n) is 3.26. The molecule has 0 aliphatic heterocycles. The first-order valence-corrected chi connectivity index (χ1v) is 9.98. The predicted octanol–water partition coefficient (Wildman–Crippen LogP) is 6.81. The molecule has 2 aromatic heterocycles. The van der Waals surface area contributed by atoms with Crippen LogP contribution in [0.2, 0.25) is 15.1 Å². The summed E-state index contributed by atoms with van der Waals surface area (Å²) in [6.07, 6.45) is 1.64. The van der Waals surface area contributed by atoms with Crippen molar-refractivity contribution in [3.8, 4) is 5.75 Å². The average molecular weight is 445 g/mol. The number of anilines is 1. The van der Waals surface area contributed by atoms with Crippen molar-refractivity contribution in [3.63, 3.8) is 0 Å². The molecule has 2 heterocycles. The van der Waals surface area contributed by atoms with Gasteiger partial charge in [0.2, 0.25) is 0 Å². The molecule has 1 unspecified atom stereocenters. The van der Waals surface area contributed by atoms with Gasteiger partial charge in [-0.3, -0.25) is 4.98 Å². The second-order valence-corrected chi connectivity index (χ2v) is 7.83. The summed E-state index contributed by atoms with van der Waals surface area (Å²) in [7, 11) is 0. The summed E-state index contributed by atoms with van der Waals surface area (Å²) >= 11 is 19.1. The molecule has 7 heteroatoms. The highest BCUT2D eigenvalue weighted by atomic mass is 35.5. The van der Waals surface area contributed by atoms with Gasteiger partial charge in [-0.2, -0.15) is 0 Å². The molecule has 0 saturated heterocycles. The third-order valence-corrected chi connectivity index (χ3v) is 5.64. The molecule has 0 fully saturated rings. The first-order chi connectivity index (χ1) is 13.9. The van der Waals surface area contributed by atoms with Crippen molar-refractivity contribution < 1.29 is 5.11 Å². The van der Waals surface area contributed by atoms with Crippen molar-refractivity contribution in [2.75, 3.05) is 5.32 Å². The number of rotatable bonds is 4. The van der Waals surface area contributed by atoms with Crippen LogP contribution < -0.4 is 5.32 Å². The van der Waals surface area contributed by atoms with E-state index in [9.17, 15) is 5.11 Å². The van der Waals surface area contributed by atoms with Gasteiger partial charge in [-0.1, -0.05) is 59.1 Å². The first kappa shape index (κ1) is 19.8. The largest absolute Gasteiger partial charge is 0.505 e. The number of fused-ring (bicyclic) bond motifs is 1. The molecule has 29 heavy (non-hydrogen) atoms. The molecule has 4 rings (SSSR count). The Morgan fingerprint density at radius 2 is 1.79 bits per heavy atom. The molecule has 0 aliphatic carbocycles. The summed E-state index contributed by atoms with van der Waals surface area (Å²) in [4.78, 5) is 8.83. The molecule has 2 N–H and O–H groups in total. The number of hydrogen-bond donors (Lipinski definition) is 2. The van der Waals surface area contributed by atoms with Gasteiger partial charge >= 0.3 is 0 Å². The lowest BCUT2D eigenvalue weighted by atomic mass is 9.96. The topological polar surface area (TPSA) is 58.0 Å². The smallest absolute Gasteiger partial charge is 0.147 e. The molecule has 4 aromatic rings. The lowest BCUT2D eigenvalue weighted by molar-refractivity contribution is 0.471. The predicted molar refractivity (Wildman–Crippen MR) is 119 cm³/mol. The molecule has 0 amide bonds. The number of hydrogen-bond acceptors (Lipinski definition) is 4. The van der Waals surface area contributed by atoms with E-state index in [-0.39, 0.29) is 5.75 Å². The minimum absolute atomic E-state index is 0.0559. The molecule has 0 spiro atoms. The Hall–Kier alpha value is -2.53. The van der Waals surface area contributed by atoms with Crippen molar-refractivity contribution in [3.05, 3.63) is 92.7 Å². The van der Waals surface area contributed by atoms with Crippen LogP contribution in [0.4, 0.5) is 5.82 Å². The van der Waals surface area contributed by atoms with Crippen molar-refractivity contribution in [1.29, 1.82) is 0 Å². The summed E-state index contributed by atoms with van der Waals surface area (Å²) in [5.41, 5.74) is 2.56. The number of pyridine rings is 2. The number of benzene rings is 2. The minimum atomic E-state index is -0.556. The van der Waals surface area contributed by atoms with E-state index in [2.05, 4.69) is 15.3 Å². The number of halogens is 3. The van der Waals surface area contributed by atoms with Gasteiger partial charge in [0.05, 0.1) is 16.1 Å². The highest BCUT2D eigenvalue weighted by Crippen LogP contribution is 2.41. The summed E-state index contributed by atoms with van der Waals surface area (Å²) in [6.45, 7) is 1.90. The molecule has 0 bridgehead atoms. The maximum absolute atomic E-state index is 11.0. The van der Waals surface area contributed by atoms with E-state index in [1.54, 1.807) is 18.3 Å². The Morgan fingerprint density at radius 1 is 0.966 bits per heavy atom. The summed E-state index contributed by atoms with van der Waals surface area (Å²) in [5.74, 6) is 0.683. The van der Waals surface area contributed by atoms with Crippen LogP contribution >= 0.6 is 34.8 Å². The Kier molecular flexibility index (Phi) is 5.50. The van der Waals surface area contributed by atoms with E-state index < -0.39 is 6.04 Å². The van der Waals surface area contributed by atoms with Crippen LogP contribution in [-0.4, -0.2) is 15.1 Å². The maximum Gasteiger partial charge on any atom is 0.147 e. The Balaban J connectivity index is 1.93. The lowest BCUT2D eigenvalue weighted by Crippen LogP contribution is -2.15. The maximum atomic E-state index is 11.0. The molecule has 146 valence electrons. The molecule has 4 nitrogen and oxygen atoms in total. The van der Waals surface area contributed by atoms with Crippen LogP contribution in [0.15, 0.2) is 60.8 Å². The summed E-state index contributed by atoms with van der Waals surface area (Å²) in [5, 5.41) is 16.3. The van der Waals surface area contributed by atoms with Crippen molar-refractivity contribution >= 4 is 51.5 Å². The van der Waals surface area contributed by atoms with Gasteiger partial charge in [-0.05, 0) is 37.3 Å². The van der Waals surface area contributed by atoms with Crippen LogP contribution in [0.25, 0.3) is 10.9 Å². The third kappa shape index (κ3) is 3.97. The first-order valence-electron chi connectivity index (χ1n) is 8.85. The standard InChI is InChI=1S/C22H16Cl3N3O/c1-12-4-2-6-18(27-12)28-21(16-10-14(23)11-17(24)19(16)25)15-8-7-13-5-3-9-26-20(13)22(15)29/h2-11,21,29H,1H3,(H,27,28). The van der Waals surface area contributed by atoms with Gasteiger partial charge in [0.15, 0.2) is 0 Å². The fourth-order valence-corrected chi connectivity index (χ4v) is 3.99. The number of aromatic nitrogens is 2. The van der Waals surface area contributed by atoms with E-state index in [1.807, 2.05) is 49.4 Å². The fraction of sp³-hybridized carbons (Fsp3) is 0.0909. The number of aromatic hydroxyl groups is 1. The number of phenols is 1. The minimum Gasteiger partial charge on any atom is -0.505 e. The molecule has 0 saturated carbocycles. The Morgan fingerprint density at radius 3 is 2.59 bits per heavy atom. The molecular weight excluding hydrogens is 429 g/mol.